The van der Waals surface area contributed by atoms with Gasteiger partial charge in [0.05, 0.1) is 27.3 Å². The molecule has 0 aliphatic heterocycles. The Kier molecular flexibility index (Phi) is 6.49. The summed E-state index contributed by atoms with van der Waals surface area (Å²) in [6.45, 7) is 8.10. The van der Waals surface area contributed by atoms with E-state index in [4.69, 9.17) is 0 Å². The van der Waals surface area contributed by atoms with Crippen LogP contribution in [-0.2, 0) is 34.0 Å². The van der Waals surface area contributed by atoms with Crippen LogP contribution in [0.2, 0.25) is 0 Å². The number of allylic oxidation sites excluding steroid dienone is 1. The number of amides is 1. The number of nitrogens with zero attached hydrogens (tertiary/aromatic N) is 2. The van der Waals surface area contributed by atoms with Gasteiger partial charge in [0.1, 0.15) is 0 Å². The maximum Gasteiger partial charge on any atom is 0.252 e. The van der Waals surface area contributed by atoms with E-state index in [1.54, 1.807) is 37.3 Å². The molecule has 0 unspecified atom stereocenters. The van der Waals surface area contributed by atoms with Crippen LogP contribution in [0.25, 0.3) is 10.2 Å². The molecule has 0 aliphatic rings. The van der Waals surface area contributed by atoms with Crippen LogP contribution < -0.4 is 4.80 Å². The number of benzene rings is 2. The smallest absolute Gasteiger partial charge is 0.252 e. The van der Waals surface area contributed by atoms with E-state index in [-0.39, 0.29) is 23.0 Å². The Morgan fingerprint density at radius 3 is 2.45 bits per heavy atom. The number of thiazole rings is 1. The Bertz CT molecular complexity index is 1220. The van der Waals surface area contributed by atoms with E-state index in [1.807, 2.05) is 4.57 Å². The molecule has 7 heteroatoms. The SMILES string of the molecule is C=CCn1c(=NC(=O)Cc2ccc(S(=O)(=O)CC)cc2)sc2cc(CC)ccc21. The van der Waals surface area contributed by atoms with Crippen molar-refractivity contribution in [3.63, 3.8) is 0 Å². The highest BCUT2D eigenvalue weighted by Gasteiger charge is 2.12. The highest BCUT2D eigenvalue weighted by Crippen LogP contribution is 2.20. The molecule has 0 radical (unpaired) electrons. The van der Waals surface area contributed by atoms with Crippen LogP contribution in [0.3, 0.4) is 0 Å². The van der Waals surface area contributed by atoms with Gasteiger partial charge in [-0.3, -0.25) is 4.79 Å². The number of aryl methyl sites for hydroxylation is 1. The summed E-state index contributed by atoms with van der Waals surface area (Å²) in [5.74, 6) is -0.216. The van der Waals surface area contributed by atoms with Crippen molar-refractivity contribution in [3.8, 4) is 0 Å². The first kappa shape index (κ1) is 21.2. The summed E-state index contributed by atoms with van der Waals surface area (Å²) in [5, 5.41) is 0. The van der Waals surface area contributed by atoms with Crippen LogP contribution in [0.1, 0.15) is 25.0 Å². The number of rotatable bonds is 7. The van der Waals surface area contributed by atoms with Gasteiger partial charge in [-0.25, -0.2) is 8.42 Å². The van der Waals surface area contributed by atoms with E-state index >= 15 is 0 Å². The topological polar surface area (TPSA) is 68.5 Å². The highest BCUT2D eigenvalue weighted by molar-refractivity contribution is 7.91. The largest absolute Gasteiger partial charge is 0.313 e. The van der Waals surface area contributed by atoms with E-state index in [1.165, 1.54) is 16.9 Å². The van der Waals surface area contributed by atoms with E-state index in [0.29, 0.717) is 11.3 Å². The molecule has 1 aromatic heterocycles. The van der Waals surface area contributed by atoms with Gasteiger partial charge in [-0.2, -0.15) is 4.99 Å². The molecular formula is C22H24N2O3S2. The van der Waals surface area contributed by atoms with Crippen molar-refractivity contribution < 1.29 is 13.2 Å². The van der Waals surface area contributed by atoms with Crippen molar-refractivity contribution >= 4 is 37.3 Å². The normalized spacial score (nSPS) is 12.4. The number of fused-ring (bicyclic) bond motifs is 1. The average molecular weight is 429 g/mol. The number of aromatic nitrogens is 1. The Balaban J connectivity index is 1.91. The van der Waals surface area contributed by atoms with Crippen LogP contribution in [0.4, 0.5) is 0 Å². The van der Waals surface area contributed by atoms with Crippen LogP contribution in [0.15, 0.2) is 65.0 Å². The molecule has 3 rings (SSSR count). The monoisotopic (exact) mass is 428 g/mol. The third-order valence-corrected chi connectivity index (χ3v) is 7.50. The summed E-state index contributed by atoms with van der Waals surface area (Å²) < 4.78 is 26.9. The zero-order valence-electron chi connectivity index (χ0n) is 16.6. The summed E-state index contributed by atoms with van der Waals surface area (Å²) in [5.41, 5.74) is 3.01. The molecule has 0 bridgehead atoms. The van der Waals surface area contributed by atoms with E-state index < -0.39 is 9.84 Å². The van der Waals surface area contributed by atoms with Gasteiger partial charge in [-0.15, -0.1) is 6.58 Å². The molecular weight excluding hydrogens is 404 g/mol. The summed E-state index contributed by atoms with van der Waals surface area (Å²) in [7, 11) is -3.24. The van der Waals surface area contributed by atoms with Crippen LogP contribution in [0.5, 0.6) is 0 Å². The second-order valence-corrected chi connectivity index (χ2v) is 9.96. The fourth-order valence-corrected chi connectivity index (χ4v) is 5.03. The lowest BCUT2D eigenvalue weighted by Gasteiger charge is -2.03. The molecule has 3 aromatic rings. The molecule has 0 N–H and O–H groups in total. The zero-order valence-corrected chi connectivity index (χ0v) is 18.2. The third kappa shape index (κ3) is 4.74. The molecule has 0 atom stereocenters. The lowest BCUT2D eigenvalue weighted by molar-refractivity contribution is -0.117. The van der Waals surface area contributed by atoms with Crippen LogP contribution in [0, 0.1) is 0 Å². The first-order valence-electron chi connectivity index (χ1n) is 9.50. The fraction of sp³-hybridized carbons (Fsp3) is 0.273. The first-order chi connectivity index (χ1) is 13.9. The Morgan fingerprint density at radius 2 is 1.83 bits per heavy atom. The summed E-state index contributed by atoms with van der Waals surface area (Å²) in [6.07, 6.45) is 2.86. The Labute approximate surface area is 175 Å². The number of carbonyl (C=O) groups excluding carboxylic acids is 1. The minimum atomic E-state index is -3.24. The van der Waals surface area contributed by atoms with E-state index in [2.05, 4.69) is 36.7 Å². The van der Waals surface area contributed by atoms with Crippen LogP contribution >= 0.6 is 11.3 Å². The minimum absolute atomic E-state index is 0.0512. The van der Waals surface area contributed by atoms with Crippen molar-refractivity contribution in [2.45, 2.75) is 38.1 Å². The first-order valence-corrected chi connectivity index (χ1v) is 12.0. The molecule has 2 aromatic carbocycles. The van der Waals surface area contributed by atoms with Crippen molar-refractivity contribution in [2.24, 2.45) is 4.99 Å². The second kappa shape index (κ2) is 8.88. The third-order valence-electron chi connectivity index (χ3n) is 4.71. The molecule has 5 nitrogen and oxygen atoms in total. The molecule has 0 saturated carbocycles. The molecule has 0 fully saturated rings. The summed E-state index contributed by atoms with van der Waals surface area (Å²) in [6, 6.07) is 12.7. The van der Waals surface area contributed by atoms with Crippen molar-refractivity contribution in [1.82, 2.24) is 4.57 Å². The summed E-state index contributed by atoms with van der Waals surface area (Å²) in [4.78, 5) is 17.8. The van der Waals surface area contributed by atoms with E-state index in [0.717, 1.165) is 22.2 Å². The zero-order chi connectivity index (χ0) is 21.0. The predicted molar refractivity (Wildman–Crippen MR) is 118 cm³/mol. The van der Waals surface area contributed by atoms with Gasteiger partial charge in [0.15, 0.2) is 14.6 Å². The maximum atomic E-state index is 12.6. The second-order valence-electron chi connectivity index (χ2n) is 6.67. The fourth-order valence-electron chi connectivity index (χ4n) is 3.03. The Morgan fingerprint density at radius 1 is 1.14 bits per heavy atom. The Hall–Kier alpha value is -2.51. The predicted octanol–water partition coefficient (Wildman–Crippen LogP) is 3.91. The van der Waals surface area contributed by atoms with Gasteiger partial charge in [0, 0.05) is 6.54 Å². The average Bonchev–Trinajstić information content (AvgIpc) is 3.04. The molecule has 1 heterocycles. The van der Waals surface area contributed by atoms with Crippen LogP contribution in [-0.4, -0.2) is 24.6 Å². The standard InChI is InChI=1S/C22H24N2O3S2/c1-4-13-24-19-12-9-16(5-2)14-20(19)28-22(24)23-21(25)15-17-7-10-18(11-8-17)29(26,27)6-3/h4,7-12,14H,1,5-6,13,15H2,2-3H3. The van der Waals surface area contributed by atoms with Gasteiger partial charge < -0.3 is 4.57 Å². The molecule has 0 spiro atoms. The molecule has 152 valence electrons. The van der Waals surface area contributed by atoms with Gasteiger partial charge >= 0.3 is 0 Å². The van der Waals surface area contributed by atoms with Gasteiger partial charge in [-0.05, 0) is 41.8 Å². The molecule has 0 saturated heterocycles. The molecule has 1 amide bonds. The number of carbonyl (C=O) groups is 1. The molecule has 29 heavy (non-hydrogen) atoms. The van der Waals surface area contributed by atoms with Crippen molar-refractivity contribution in [3.05, 3.63) is 71.0 Å². The quantitative estimate of drug-likeness (QED) is 0.536. The van der Waals surface area contributed by atoms with Crippen molar-refractivity contribution in [1.29, 1.82) is 0 Å². The van der Waals surface area contributed by atoms with Gasteiger partial charge in [0.25, 0.3) is 5.91 Å². The lowest BCUT2D eigenvalue weighted by Crippen LogP contribution is -2.17. The number of hydrogen-bond acceptors (Lipinski definition) is 4. The van der Waals surface area contributed by atoms with Crippen molar-refractivity contribution in [2.75, 3.05) is 5.75 Å². The van der Waals surface area contributed by atoms with Gasteiger partial charge in [0.2, 0.25) is 0 Å². The minimum Gasteiger partial charge on any atom is -0.313 e. The van der Waals surface area contributed by atoms with E-state index in [9.17, 15) is 13.2 Å². The summed E-state index contributed by atoms with van der Waals surface area (Å²) >= 11 is 1.49. The van der Waals surface area contributed by atoms with Gasteiger partial charge in [-0.1, -0.05) is 49.5 Å². The number of hydrogen-bond donors (Lipinski definition) is 0. The highest BCUT2D eigenvalue weighted by atomic mass is 32.2. The lowest BCUT2D eigenvalue weighted by atomic mass is 10.1. The number of sulfone groups is 1. The molecule has 0 aliphatic carbocycles. The maximum absolute atomic E-state index is 12.6.